The van der Waals surface area contributed by atoms with Crippen LogP contribution in [-0.4, -0.2) is 42.3 Å². The van der Waals surface area contributed by atoms with Crippen LogP contribution < -0.4 is 10.7 Å². The van der Waals surface area contributed by atoms with Crippen molar-refractivity contribution in [3.05, 3.63) is 0 Å². The maximum atomic E-state index is 6.05. The van der Waals surface area contributed by atoms with E-state index in [1.807, 2.05) is 14.0 Å². The van der Waals surface area contributed by atoms with Crippen molar-refractivity contribution < 1.29 is 4.74 Å². The predicted molar refractivity (Wildman–Crippen MR) is 75.3 cm³/mol. The molecule has 0 aromatic rings. The van der Waals surface area contributed by atoms with Crippen molar-refractivity contribution in [2.45, 2.75) is 70.9 Å². The standard InChI is InChI=1S/C13H28N4O/c1-10(15-17(7)14-6)18-11-8-12(2,3)16-13(4,5)9-11/h10-11,15-16H,6,8-9H2,1-5,7H3. The van der Waals surface area contributed by atoms with E-state index in [9.17, 15) is 0 Å². The molecule has 1 aliphatic rings. The molecule has 0 spiro atoms. The molecule has 0 aliphatic carbocycles. The highest BCUT2D eigenvalue weighted by Gasteiger charge is 2.38. The highest BCUT2D eigenvalue weighted by molar-refractivity contribution is 5.22. The zero-order chi connectivity index (χ0) is 14.0. The second-order valence-corrected chi connectivity index (χ2v) is 6.50. The molecular weight excluding hydrogens is 228 g/mol. The smallest absolute Gasteiger partial charge is 0.123 e. The lowest BCUT2D eigenvalue weighted by molar-refractivity contribution is -0.0902. The average Bonchev–Trinajstić information content (AvgIpc) is 2.11. The van der Waals surface area contributed by atoms with Crippen LogP contribution >= 0.6 is 0 Å². The summed E-state index contributed by atoms with van der Waals surface area (Å²) in [7, 11) is 1.81. The van der Waals surface area contributed by atoms with Crippen LogP contribution in [0.4, 0.5) is 0 Å². The fourth-order valence-electron chi connectivity index (χ4n) is 2.95. The van der Waals surface area contributed by atoms with Crippen LogP contribution in [0.2, 0.25) is 0 Å². The Kier molecular flexibility index (Phi) is 4.75. The van der Waals surface area contributed by atoms with Crippen LogP contribution in [0.3, 0.4) is 0 Å². The van der Waals surface area contributed by atoms with Crippen molar-refractivity contribution in [1.82, 2.24) is 15.9 Å². The first kappa shape index (κ1) is 15.4. The van der Waals surface area contributed by atoms with Gasteiger partial charge in [-0.15, -0.1) is 0 Å². The lowest BCUT2D eigenvalue weighted by atomic mass is 9.81. The molecular formula is C13H28N4O. The molecule has 5 nitrogen and oxygen atoms in total. The Bertz CT molecular complexity index is 275. The van der Waals surface area contributed by atoms with Crippen molar-refractivity contribution in [2.24, 2.45) is 5.10 Å². The summed E-state index contributed by atoms with van der Waals surface area (Å²) in [5, 5.41) is 8.98. The van der Waals surface area contributed by atoms with E-state index >= 15 is 0 Å². The Hall–Kier alpha value is -0.650. The molecule has 2 N–H and O–H groups in total. The fourth-order valence-corrected chi connectivity index (χ4v) is 2.95. The minimum Gasteiger partial charge on any atom is -0.359 e. The second-order valence-electron chi connectivity index (χ2n) is 6.50. The predicted octanol–water partition coefficient (Wildman–Crippen LogP) is 1.71. The number of nitrogens with zero attached hydrogens (tertiary/aromatic N) is 2. The van der Waals surface area contributed by atoms with Gasteiger partial charge in [-0.3, -0.25) is 0 Å². The summed E-state index contributed by atoms with van der Waals surface area (Å²) in [4.78, 5) is 0. The summed E-state index contributed by atoms with van der Waals surface area (Å²) in [6.07, 6.45) is 2.19. The quantitative estimate of drug-likeness (QED) is 0.447. The normalized spacial score (nSPS) is 24.6. The van der Waals surface area contributed by atoms with Crippen LogP contribution in [0.25, 0.3) is 0 Å². The van der Waals surface area contributed by atoms with Gasteiger partial charge in [0.2, 0.25) is 0 Å². The summed E-state index contributed by atoms with van der Waals surface area (Å²) in [5.74, 6) is 0. The van der Waals surface area contributed by atoms with Gasteiger partial charge >= 0.3 is 0 Å². The lowest BCUT2D eigenvalue weighted by Gasteiger charge is -2.46. The number of nitrogens with one attached hydrogen (secondary N) is 2. The van der Waals surface area contributed by atoms with E-state index in [-0.39, 0.29) is 23.4 Å². The molecule has 1 aliphatic heterocycles. The summed E-state index contributed by atoms with van der Waals surface area (Å²) in [5.41, 5.74) is 3.30. The SMILES string of the molecule is C=NN(C)NC(C)OC1CC(C)(C)NC(C)(C)C1. The molecule has 1 fully saturated rings. The molecule has 0 amide bonds. The number of hydrazine groups is 1. The topological polar surface area (TPSA) is 48.9 Å². The van der Waals surface area contributed by atoms with E-state index in [1.165, 1.54) is 0 Å². The number of hydrazone groups is 1. The Morgan fingerprint density at radius 2 is 1.83 bits per heavy atom. The first-order valence-electron chi connectivity index (χ1n) is 6.55. The fraction of sp³-hybridized carbons (Fsp3) is 0.923. The summed E-state index contributed by atoms with van der Waals surface area (Å²) >= 11 is 0. The first-order valence-corrected chi connectivity index (χ1v) is 6.55. The lowest BCUT2D eigenvalue weighted by Crippen LogP contribution is -2.60. The monoisotopic (exact) mass is 256 g/mol. The van der Waals surface area contributed by atoms with Crippen molar-refractivity contribution in [3.8, 4) is 0 Å². The summed E-state index contributed by atoms with van der Waals surface area (Å²) in [6.45, 7) is 14.3. The number of hydrogen-bond donors (Lipinski definition) is 2. The van der Waals surface area contributed by atoms with Gasteiger partial charge < -0.3 is 10.1 Å². The molecule has 0 radical (unpaired) electrons. The van der Waals surface area contributed by atoms with Crippen LogP contribution in [0.5, 0.6) is 0 Å². The van der Waals surface area contributed by atoms with E-state index in [4.69, 9.17) is 4.74 Å². The van der Waals surface area contributed by atoms with E-state index < -0.39 is 0 Å². The minimum atomic E-state index is -0.0739. The summed E-state index contributed by atoms with van der Waals surface area (Å²) < 4.78 is 6.05. The molecule has 1 rings (SSSR count). The maximum Gasteiger partial charge on any atom is 0.123 e. The van der Waals surface area contributed by atoms with Gasteiger partial charge in [0.1, 0.15) is 6.23 Å². The van der Waals surface area contributed by atoms with Gasteiger partial charge in [0.15, 0.2) is 0 Å². The molecule has 1 saturated heterocycles. The third-order valence-corrected chi connectivity index (χ3v) is 3.13. The van der Waals surface area contributed by atoms with Gasteiger partial charge in [-0.1, -0.05) is 0 Å². The highest BCUT2D eigenvalue weighted by Crippen LogP contribution is 2.30. The molecule has 1 atom stereocenters. The van der Waals surface area contributed by atoms with E-state index in [0.29, 0.717) is 0 Å². The van der Waals surface area contributed by atoms with Crippen LogP contribution in [0.15, 0.2) is 5.10 Å². The van der Waals surface area contributed by atoms with Gasteiger partial charge in [-0.25, -0.2) is 5.12 Å². The third-order valence-electron chi connectivity index (χ3n) is 3.13. The largest absolute Gasteiger partial charge is 0.359 e. The summed E-state index contributed by atoms with van der Waals surface area (Å²) in [6, 6.07) is 0. The van der Waals surface area contributed by atoms with E-state index in [2.05, 4.69) is 50.3 Å². The average molecular weight is 256 g/mol. The van der Waals surface area contributed by atoms with Gasteiger partial charge in [-0.2, -0.15) is 10.5 Å². The van der Waals surface area contributed by atoms with E-state index in [0.717, 1.165) is 12.8 Å². The van der Waals surface area contributed by atoms with E-state index in [1.54, 1.807) is 5.12 Å². The van der Waals surface area contributed by atoms with Gasteiger partial charge in [0.05, 0.1) is 6.10 Å². The van der Waals surface area contributed by atoms with Crippen molar-refractivity contribution in [3.63, 3.8) is 0 Å². The first-order chi connectivity index (χ1) is 8.13. The minimum absolute atomic E-state index is 0.0739. The maximum absolute atomic E-state index is 6.05. The molecule has 1 heterocycles. The molecule has 0 bridgehead atoms. The third kappa shape index (κ3) is 4.92. The van der Waals surface area contributed by atoms with Gasteiger partial charge in [0.25, 0.3) is 0 Å². The Labute approximate surface area is 111 Å². The van der Waals surface area contributed by atoms with Crippen molar-refractivity contribution in [2.75, 3.05) is 7.05 Å². The Balaban J connectivity index is 2.53. The molecule has 18 heavy (non-hydrogen) atoms. The Morgan fingerprint density at radius 1 is 1.33 bits per heavy atom. The molecule has 1 unspecified atom stereocenters. The number of ether oxygens (including phenoxy) is 1. The Morgan fingerprint density at radius 3 is 2.28 bits per heavy atom. The van der Waals surface area contributed by atoms with Crippen LogP contribution in [-0.2, 0) is 4.74 Å². The number of piperidine rings is 1. The molecule has 5 heteroatoms. The molecule has 0 aromatic carbocycles. The number of hydrogen-bond acceptors (Lipinski definition) is 5. The van der Waals surface area contributed by atoms with Crippen molar-refractivity contribution >= 4 is 6.72 Å². The highest BCUT2D eigenvalue weighted by atomic mass is 16.5. The second kappa shape index (κ2) is 5.55. The van der Waals surface area contributed by atoms with Gasteiger partial charge in [0, 0.05) is 24.8 Å². The van der Waals surface area contributed by atoms with Crippen LogP contribution in [0, 0.1) is 0 Å². The van der Waals surface area contributed by atoms with Crippen molar-refractivity contribution in [1.29, 1.82) is 0 Å². The zero-order valence-corrected chi connectivity index (χ0v) is 12.6. The molecule has 0 saturated carbocycles. The zero-order valence-electron chi connectivity index (χ0n) is 12.6. The van der Waals surface area contributed by atoms with Gasteiger partial charge in [-0.05, 0) is 47.5 Å². The molecule has 0 aromatic heterocycles. The number of rotatable bonds is 5. The van der Waals surface area contributed by atoms with Crippen LogP contribution in [0.1, 0.15) is 47.5 Å². The molecule has 106 valence electrons.